The Labute approximate surface area is 205 Å². The van der Waals surface area contributed by atoms with Gasteiger partial charge < -0.3 is 14.8 Å². The van der Waals surface area contributed by atoms with E-state index in [1.165, 1.54) is 4.90 Å². The van der Waals surface area contributed by atoms with Gasteiger partial charge in [0.05, 0.1) is 22.5 Å². The van der Waals surface area contributed by atoms with E-state index in [4.69, 9.17) is 0 Å². The number of para-hydroxylation sites is 1. The largest absolute Gasteiger partial charge is 0.336 e. The molecular weight excluding hydrogens is 466 g/mol. The summed E-state index contributed by atoms with van der Waals surface area (Å²) in [5.41, 5.74) is 2.07. The molecule has 2 heterocycles. The number of rotatable bonds is 8. The lowest BCUT2D eigenvalue weighted by Crippen LogP contribution is -2.35. The van der Waals surface area contributed by atoms with Gasteiger partial charge in [-0.05, 0) is 43.2 Å². The van der Waals surface area contributed by atoms with E-state index >= 15 is 0 Å². The summed E-state index contributed by atoms with van der Waals surface area (Å²) in [6.45, 7) is 1.05. The summed E-state index contributed by atoms with van der Waals surface area (Å²) in [6.07, 6.45) is 3.38. The summed E-state index contributed by atoms with van der Waals surface area (Å²) >= 11 is 0. The molecule has 3 aromatic rings. The minimum absolute atomic E-state index is 0.0476. The lowest BCUT2D eigenvalue weighted by molar-refractivity contribution is -0.133. The number of aryl methyl sites for hydroxylation is 2. The molecule has 1 saturated heterocycles. The molecule has 10 heteroatoms. The van der Waals surface area contributed by atoms with Gasteiger partial charge in [0.25, 0.3) is 0 Å². The highest BCUT2D eigenvalue weighted by molar-refractivity contribution is 7.89. The zero-order chi connectivity index (χ0) is 25.0. The lowest BCUT2D eigenvalue weighted by atomic mass is 10.2. The van der Waals surface area contributed by atoms with Crippen LogP contribution in [-0.4, -0.2) is 65.7 Å². The number of imidazole rings is 1. The number of hydrogen-bond acceptors (Lipinski definition) is 5. The number of nitrogens with one attached hydrogen (secondary N) is 1. The van der Waals surface area contributed by atoms with Crippen molar-refractivity contribution in [3.05, 3.63) is 54.4 Å². The Morgan fingerprint density at radius 3 is 2.49 bits per heavy atom. The first-order valence-corrected chi connectivity index (χ1v) is 13.2. The molecule has 0 saturated carbocycles. The van der Waals surface area contributed by atoms with Crippen LogP contribution in [0.25, 0.3) is 11.0 Å². The number of fused-ring (bicyclic) bond motifs is 1. The first-order chi connectivity index (χ1) is 16.8. The summed E-state index contributed by atoms with van der Waals surface area (Å²) in [4.78, 5) is 31.1. The van der Waals surface area contributed by atoms with Crippen LogP contribution in [0.3, 0.4) is 0 Å². The van der Waals surface area contributed by atoms with E-state index in [1.807, 2.05) is 29.8 Å². The Bertz CT molecular complexity index is 1310. The van der Waals surface area contributed by atoms with Gasteiger partial charge in [0, 0.05) is 45.7 Å². The molecule has 35 heavy (non-hydrogen) atoms. The van der Waals surface area contributed by atoms with E-state index in [0.29, 0.717) is 36.5 Å². The van der Waals surface area contributed by atoms with Gasteiger partial charge in [0.2, 0.25) is 21.8 Å². The van der Waals surface area contributed by atoms with Crippen LogP contribution in [0.2, 0.25) is 0 Å². The molecule has 0 spiro atoms. The zero-order valence-electron chi connectivity index (χ0n) is 20.1. The number of aromatic nitrogens is 2. The fourth-order valence-corrected chi connectivity index (χ4v) is 5.84. The summed E-state index contributed by atoms with van der Waals surface area (Å²) in [5.74, 6) is 0.244. The third kappa shape index (κ3) is 5.71. The fourth-order valence-electron chi connectivity index (χ4n) is 4.30. The Hall–Kier alpha value is -3.24. The molecule has 9 nitrogen and oxygen atoms in total. The maximum atomic E-state index is 13.0. The van der Waals surface area contributed by atoms with Crippen LogP contribution in [0.1, 0.15) is 31.5 Å². The van der Waals surface area contributed by atoms with Crippen molar-refractivity contribution in [2.75, 3.05) is 32.0 Å². The molecule has 0 unspecified atom stereocenters. The Morgan fingerprint density at radius 1 is 1.06 bits per heavy atom. The lowest BCUT2D eigenvalue weighted by Gasteiger charge is -2.25. The summed E-state index contributed by atoms with van der Waals surface area (Å²) in [5, 5.41) is 2.77. The predicted molar refractivity (Wildman–Crippen MR) is 134 cm³/mol. The van der Waals surface area contributed by atoms with Crippen LogP contribution in [-0.2, 0) is 33.1 Å². The topological polar surface area (TPSA) is 105 Å². The first-order valence-electron chi connectivity index (χ1n) is 11.8. The number of carbonyl (C=O) groups excluding carboxylic acids is 2. The highest BCUT2D eigenvalue weighted by Crippen LogP contribution is 2.25. The highest BCUT2D eigenvalue weighted by Gasteiger charge is 2.26. The maximum Gasteiger partial charge on any atom is 0.243 e. The van der Waals surface area contributed by atoms with Gasteiger partial charge in [0.15, 0.2) is 0 Å². The van der Waals surface area contributed by atoms with E-state index in [0.717, 1.165) is 24.8 Å². The zero-order valence-corrected chi connectivity index (χ0v) is 20.9. The number of amides is 2. The second-order valence-corrected chi connectivity index (χ2v) is 10.8. The number of nitrogens with zero attached hydrogens (tertiary/aromatic N) is 4. The number of sulfonamides is 1. The van der Waals surface area contributed by atoms with Crippen LogP contribution >= 0.6 is 0 Å². The van der Waals surface area contributed by atoms with Crippen LogP contribution in [0.15, 0.2) is 53.4 Å². The van der Waals surface area contributed by atoms with E-state index in [1.54, 1.807) is 41.7 Å². The Kier molecular flexibility index (Phi) is 7.51. The van der Waals surface area contributed by atoms with Gasteiger partial charge in [-0.1, -0.05) is 24.6 Å². The normalized spacial score (nSPS) is 14.7. The second kappa shape index (κ2) is 10.6. The number of piperidine rings is 1. The van der Waals surface area contributed by atoms with E-state index < -0.39 is 10.0 Å². The monoisotopic (exact) mass is 497 g/mol. The molecule has 1 fully saturated rings. The molecule has 1 N–H and O–H groups in total. The Morgan fingerprint density at radius 2 is 1.77 bits per heavy atom. The van der Waals surface area contributed by atoms with E-state index in [9.17, 15) is 18.0 Å². The van der Waals surface area contributed by atoms with Crippen molar-refractivity contribution in [3.8, 4) is 0 Å². The van der Waals surface area contributed by atoms with Gasteiger partial charge in [-0.3, -0.25) is 9.59 Å². The molecular formula is C25H31N5O4S. The van der Waals surface area contributed by atoms with Gasteiger partial charge in [-0.15, -0.1) is 0 Å². The number of carbonyl (C=O) groups is 2. The minimum atomic E-state index is -3.54. The first kappa shape index (κ1) is 24.9. The number of anilines is 1. The van der Waals surface area contributed by atoms with Crippen LogP contribution in [0.4, 0.5) is 5.69 Å². The van der Waals surface area contributed by atoms with Crippen molar-refractivity contribution < 1.29 is 18.0 Å². The van der Waals surface area contributed by atoms with Gasteiger partial charge in [0.1, 0.15) is 5.82 Å². The molecule has 1 aromatic heterocycles. The highest BCUT2D eigenvalue weighted by atomic mass is 32.2. The smallest absolute Gasteiger partial charge is 0.243 e. The van der Waals surface area contributed by atoms with Crippen molar-refractivity contribution in [2.45, 2.75) is 37.0 Å². The summed E-state index contributed by atoms with van der Waals surface area (Å²) < 4.78 is 29.5. The maximum absolute atomic E-state index is 13.0. The number of likely N-dealkylation sites (N-methyl/N-ethyl adjacent to an activating group) is 1. The molecule has 0 bridgehead atoms. The van der Waals surface area contributed by atoms with E-state index in [2.05, 4.69) is 10.3 Å². The Balaban J connectivity index is 1.39. The third-order valence-corrected chi connectivity index (χ3v) is 8.22. The van der Waals surface area contributed by atoms with Crippen LogP contribution in [0.5, 0.6) is 0 Å². The molecule has 2 aromatic carbocycles. The molecule has 0 radical (unpaired) electrons. The predicted octanol–water partition coefficient (Wildman–Crippen LogP) is 2.78. The summed E-state index contributed by atoms with van der Waals surface area (Å²) in [6, 6.07) is 14.1. The molecule has 1 aliphatic rings. The molecule has 186 valence electrons. The van der Waals surface area contributed by atoms with Crippen molar-refractivity contribution in [3.63, 3.8) is 0 Å². The third-order valence-electron chi connectivity index (χ3n) is 6.32. The molecule has 0 aliphatic carbocycles. The number of hydrogen-bond donors (Lipinski definition) is 1. The van der Waals surface area contributed by atoms with Crippen molar-refractivity contribution in [1.82, 2.24) is 18.8 Å². The fraction of sp³-hybridized carbons (Fsp3) is 0.400. The minimum Gasteiger partial charge on any atom is -0.336 e. The van der Waals surface area contributed by atoms with Crippen LogP contribution < -0.4 is 5.32 Å². The standard InChI is InChI=1S/C25H31N5O4S/c1-28(18-24(31)26-19-9-5-3-6-10-19)25(32)14-13-23-27-21-17-20(11-12-22(21)29(23)2)35(33,34)30-15-7-4-8-16-30/h3,5-6,9-12,17H,4,7-8,13-16,18H2,1-2H3,(H,26,31). The molecule has 4 rings (SSSR count). The molecule has 0 atom stereocenters. The SMILES string of the molecule is CN(CC(=O)Nc1ccccc1)C(=O)CCc1nc2cc(S(=O)(=O)N3CCCCC3)ccc2n1C. The molecule has 1 aliphatic heterocycles. The summed E-state index contributed by atoms with van der Waals surface area (Å²) in [7, 11) is -0.0939. The van der Waals surface area contributed by atoms with Crippen molar-refractivity contribution >= 4 is 38.6 Å². The molecule has 2 amide bonds. The van der Waals surface area contributed by atoms with Crippen molar-refractivity contribution in [1.29, 1.82) is 0 Å². The second-order valence-electron chi connectivity index (χ2n) is 8.87. The van der Waals surface area contributed by atoms with Crippen LogP contribution in [0, 0.1) is 0 Å². The van der Waals surface area contributed by atoms with Gasteiger partial charge in [-0.2, -0.15) is 4.31 Å². The average molecular weight is 498 g/mol. The van der Waals surface area contributed by atoms with Gasteiger partial charge >= 0.3 is 0 Å². The average Bonchev–Trinajstić information content (AvgIpc) is 3.18. The quantitative estimate of drug-likeness (QED) is 0.515. The van der Waals surface area contributed by atoms with Crippen molar-refractivity contribution in [2.24, 2.45) is 7.05 Å². The number of benzene rings is 2. The van der Waals surface area contributed by atoms with Gasteiger partial charge in [-0.25, -0.2) is 13.4 Å². The van der Waals surface area contributed by atoms with E-state index in [-0.39, 0.29) is 29.7 Å².